The summed E-state index contributed by atoms with van der Waals surface area (Å²) in [6.07, 6.45) is 0.0419. The van der Waals surface area contributed by atoms with E-state index < -0.39 is 29.7 Å². The van der Waals surface area contributed by atoms with E-state index in [4.69, 9.17) is 14.2 Å². The summed E-state index contributed by atoms with van der Waals surface area (Å²) in [6, 6.07) is 0. The largest absolute Gasteiger partial charge is 0.460 e. The van der Waals surface area contributed by atoms with Crippen LogP contribution in [0.15, 0.2) is 15.8 Å². The van der Waals surface area contributed by atoms with Crippen LogP contribution < -0.4 is 11.2 Å². The van der Waals surface area contributed by atoms with E-state index in [-0.39, 0.29) is 13.2 Å². The molecule has 104 valence electrons. The van der Waals surface area contributed by atoms with Gasteiger partial charge in [-0.2, -0.15) is 0 Å². The maximum atomic E-state index is 11.6. The Kier molecular flexibility index (Phi) is 3.82. The van der Waals surface area contributed by atoms with Crippen molar-refractivity contribution in [2.45, 2.75) is 26.4 Å². The maximum absolute atomic E-state index is 11.6. The quantitative estimate of drug-likeness (QED) is 0.728. The lowest BCUT2D eigenvalue weighted by Crippen LogP contribution is -2.34. The van der Waals surface area contributed by atoms with Crippen molar-refractivity contribution in [2.75, 3.05) is 13.2 Å². The second-order valence-electron chi connectivity index (χ2n) is 4.13. The topological polar surface area (TPSA) is 99.6 Å². The van der Waals surface area contributed by atoms with Crippen LogP contribution >= 0.6 is 0 Å². The van der Waals surface area contributed by atoms with Gasteiger partial charge in [-0.1, -0.05) is 0 Å². The highest BCUT2D eigenvalue weighted by atomic mass is 16.7. The molecule has 0 aromatic carbocycles. The highest BCUT2D eigenvalue weighted by Crippen LogP contribution is 2.19. The van der Waals surface area contributed by atoms with Crippen LogP contribution in [0.2, 0.25) is 0 Å². The minimum atomic E-state index is -0.715. The standard InChI is InChI=1S/C11H14N2O6/c1-6-3-13(11(16)12-10(6)15)8-4-18-9(19-8)5-17-7(2)14/h3,8-9H,4-5H2,1-2H3,(H,12,15,16). The molecule has 8 heteroatoms. The van der Waals surface area contributed by atoms with Crippen molar-refractivity contribution in [1.29, 1.82) is 0 Å². The first-order valence-electron chi connectivity index (χ1n) is 5.70. The van der Waals surface area contributed by atoms with E-state index in [1.54, 1.807) is 6.92 Å². The van der Waals surface area contributed by atoms with Crippen LogP contribution in [0.25, 0.3) is 0 Å². The van der Waals surface area contributed by atoms with Gasteiger partial charge in [-0.25, -0.2) is 4.79 Å². The number of hydrogen-bond donors (Lipinski definition) is 1. The van der Waals surface area contributed by atoms with Gasteiger partial charge in [-0.3, -0.25) is 19.1 Å². The summed E-state index contributed by atoms with van der Waals surface area (Å²) in [5.41, 5.74) is -0.611. The zero-order valence-corrected chi connectivity index (χ0v) is 10.5. The molecular weight excluding hydrogens is 256 g/mol. The minimum absolute atomic E-state index is 0.0388. The third kappa shape index (κ3) is 3.09. The number of nitrogens with one attached hydrogen (secondary N) is 1. The van der Waals surface area contributed by atoms with Gasteiger partial charge in [0.05, 0.1) is 6.61 Å². The monoisotopic (exact) mass is 270 g/mol. The fraction of sp³-hybridized carbons (Fsp3) is 0.545. The van der Waals surface area contributed by atoms with E-state index in [0.717, 1.165) is 0 Å². The molecule has 1 aromatic rings. The Morgan fingerprint density at radius 1 is 1.58 bits per heavy atom. The van der Waals surface area contributed by atoms with Crippen molar-refractivity contribution in [3.05, 3.63) is 32.6 Å². The number of carbonyl (C=O) groups excluding carboxylic acids is 1. The SMILES string of the molecule is CC(=O)OCC1OCC(n2cc(C)c(=O)[nH]c2=O)O1. The van der Waals surface area contributed by atoms with Crippen LogP contribution in [0.1, 0.15) is 18.7 Å². The Bertz CT molecular complexity index is 590. The molecule has 0 radical (unpaired) electrons. The molecule has 1 saturated heterocycles. The van der Waals surface area contributed by atoms with E-state index in [2.05, 4.69) is 4.98 Å². The van der Waals surface area contributed by atoms with Gasteiger partial charge in [0.25, 0.3) is 5.56 Å². The molecule has 2 atom stereocenters. The summed E-state index contributed by atoms with van der Waals surface area (Å²) in [5, 5.41) is 0. The molecule has 1 aliphatic heterocycles. The Morgan fingerprint density at radius 2 is 2.32 bits per heavy atom. The number of hydrogen-bond acceptors (Lipinski definition) is 6. The van der Waals surface area contributed by atoms with E-state index in [1.807, 2.05) is 0 Å². The molecule has 1 aromatic heterocycles. The zero-order valence-electron chi connectivity index (χ0n) is 10.5. The summed E-state index contributed by atoms with van der Waals surface area (Å²) in [5.74, 6) is -0.437. The number of aromatic amines is 1. The Morgan fingerprint density at radius 3 is 3.00 bits per heavy atom. The number of carbonyl (C=O) groups is 1. The number of nitrogens with zero attached hydrogens (tertiary/aromatic N) is 1. The Hall–Kier alpha value is -1.93. The molecule has 0 saturated carbocycles. The van der Waals surface area contributed by atoms with Gasteiger partial charge in [0.15, 0.2) is 12.5 Å². The first kappa shape index (κ1) is 13.5. The summed E-state index contributed by atoms with van der Waals surface area (Å²) in [7, 11) is 0. The van der Waals surface area contributed by atoms with Crippen molar-refractivity contribution in [1.82, 2.24) is 9.55 Å². The van der Waals surface area contributed by atoms with E-state index >= 15 is 0 Å². The number of rotatable bonds is 3. The van der Waals surface area contributed by atoms with Crippen molar-refractivity contribution in [2.24, 2.45) is 0 Å². The van der Waals surface area contributed by atoms with E-state index in [0.29, 0.717) is 5.56 Å². The second kappa shape index (κ2) is 5.37. The fourth-order valence-corrected chi connectivity index (χ4v) is 1.66. The molecule has 2 heterocycles. The average Bonchev–Trinajstić information content (AvgIpc) is 2.80. The van der Waals surface area contributed by atoms with Crippen LogP contribution in [0.4, 0.5) is 0 Å². The van der Waals surface area contributed by atoms with E-state index in [9.17, 15) is 14.4 Å². The van der Waals surface area contributed by atoms with Gasteiger partial charge in [0, 0.05) is 18.7 Å². The minimum Gasteiger partial charge on any atom is -0.460 e. The number of H-pyrrole nitrogens is 1. The van der Waals surface area contributed by atoms with Crippen LogP contribution in [-0.2, 0) is 19.0 Å². The third-order valence-electron chi connectivity index (χ3n) is 2.61. The molecule has 0 spiro atoms. The number of esters is 1. The molecule has 0 aliphatic carbocycles. The zero-order chi connectivity index (χ0) is 14.0. The molecule has 1 N–H and O–H groups in total. The maximum Gasteiger partial charge on any atom is 0.330 e. The Labute approximate surface area is 107 Å². The van der Waals surface area contributed by atoms with Crippen molar-refractivity contribution >= 4 is 5.97 Å². The first-order chi connectivity index (χ1) is 8.97. The third-order valence-corrected chi connectivity index (χ3v) is 2.61. The molecular formula is C11H14N2O6. The van der Waals surface area contributed by atoms with Crippen LogP contribution in [0, 0.1) is 6.92 Å². The highest BCUT2D eigenvalue weighted by Gasteiger charge is 2.29. The summed E-state index contributed by atoms with van der Waals surface area (Å²) >= 11 is 0. The Balaban J connectivity index is 2.09. The van der Waals surface area contributed by atoms with Crippen LogP contribution in [0.3, 0.4) is 0 Å². The predicted molar refractivity (Wildman–Crippen MR) is 62.6 cm³/mol. The van der Waals surface area contributed by atoms with Gasteiger partial charge in [0.1, 0.15) is 6.61 Å². The fourth-order valence-electron chi connectivity index (χ4n) is 1.66. The summed E-state index contributed by atoms with van der Waals surface area (Å²) < 4.78 is 16.6. The van der Waals surface area contributed by atoms with Crippen LogP contribution in [-0.4, -0.2) is 35.0 Å². The second-order valence-corrected chi connectivity index (χ2v) is 4.13. The van der Waals surface area contributed by atoms with Crippen molar-refractivity contribution < 1.29 is 19.0 Å². The molecule has 1 fully saturated rings. The van der Waals surface area contributed by atoms with E-state index in [1.165, 1.54) is 17.7 Å². The molecule has 19 heavy (non-hydrogen) atoms. The molecule has 2 unspecified atom stereocenters. The summed E-state index contributed by atoms with van der Waals surface area (Å²) in [6.45, 7) is 2.96. The van der Waals surface area contributed by atoms with Crippen molar-refractivity contribution in [3.8, 4) is 0 Å². The molecule has 0 amide bonds. The number of aromatic nitrogens is 2. The van der Waals surface area contributed by atoms with Crippen molar-refractivity contribution in [3.63, 3.8) is 0 Å². The summed E-state index contributed by atoms with van der Waals surface area (Å²) in [4.78, 5) is 35.7. The molecule has 0 bridgehead atoms. The lowest BCUT2D eigenvalue weighted by molar-refractivity contribution is -0.156. The molecule has 1 aliphatic rings. The number of ether oxygens (including phenoxy) is 3. The lowest BCUT2D eigenvalue weighted by Gasteiger charge is -2.13. The first-order valence-corrected chi connectivity index (χ1v) is 5.70. The van der Waals surface area contributed by atoms with Gasteiger partial charge < -0.3 is 14.2 Å². The van der Waals surface area contributed by atoms with Crippen LogP contribution in [0.5, 0.6) is 0 Å². The normalized spacial score (nSPS) is 22.4. The van der Waals surface area contributed by atoms with Gasteiger partial charge in [-0.15, -0.1) is 0 Å². The van der Waals surface area contributed by atoms with Gasteiger partial charge >= 0.3 is 11.7 Å². The average molecular weight is 270 g/mol. The van der Waals surface area contributed by atoms with Gasteiger partial charge in [-0.05, 0) is 6.92 Å². The van der Waals surface area contributed by atoms with Gasteiger partial charge in [0.2, 0.25) is 0 Å². The molecule has 8 nitrogen and oxygen atoms in total. The lowest BCUT2D eigenvalue weighted by atomic mass is 10.4. The highest BCUT2D eigenvalue weighted by molar-refractivity contribution is 5.65. The number of aryl methyl sites for hydroxylation is 1. The smallest absolute Gasteiger partial charge is 0.330 e. The predicted octanol–water partition coefficient (Wildman–Crippen LogP) is -0.720. The molecule has 2 rings (SSSR count).